The largest absolute Gasteiger partial charge is 0.369 e. The smallest absolute Gasteiger partial charge is 0.224 e. The van der Waals surface area contributed by atoms with Gasteiger partial charge in [-0.15, -0.1) is 0 Å². The molecule has 1 aliphatic rings. The Bertz CT molecular complexity index is 333. The minimum atomic E-state index is 0.503. The van der Waals surface area contributed by atoms with Gasteiger partial charge in [-0.05, 0) is 31.2 Å². The molecule has 0 amide bonds. The minimum absolute atomic E-state index is 0.503. The first-order valence-corrected chi connectivity index (χ1v) is 5.53. The Morgan fingerprint density at radius 3 is 2.87 bits per heavy atom. The van der Waals surface area contributed by atoms with Crippen LogP contribution in [0.2, 0.25) is 0 Å². The van der Waals surface area contributed by atoms with Gasteiger partial charge in [-0.2, -0.15) is 4.98 Å². The van der Waals surface area contributed by atoms with E-state index in [-0.39, 0.29) is 0 Å². The summed E-state index contributed by atoms with van der Waals surface area (Å²) in [6.07, 6.45) is 4.43. The number of aromatic nitrogens is 2. The summed E-state index contributed by atoms with van der Waals surface area (Å²) in [5.74, 6) is 1.61. The average Bonchev–Trinajstić information content (AvgIpc) is 2.96. The molecular weight excluding hydrogens is 188 g/mol. The summed E-state index contributed by atoms with van der Waals surface area (Å²) in [4.78, 5) is 8.49. The highest BCUT2D eigenvalue weighted by Crippen LogP contribution is 2.44. The lowest BCUT2D eigenvalue weighted by molar-refractivity contribution is 0.609. The molecule has 0 radical (unpaired) electrons. The number of hydrogen-bond donors (Lipinski definition) is 2. The van der Waals surface area contributed by atoms with Crippen LogP contribution in [0.25, 0.3) is 0 Å². The number of nitrogens with zero attached hydrogens (tertiary/aromatic N) is 2. The van der Waals surface area contributed by atoms with E-state index < -0.39 is 0 Å². The lowest BCUT2D eigenvalue weighted by Gasteiger charge is -2.11. The van der Waals surface area contributed by atoms with Gasteiger partial charge in [0.1, 0.15) is 5.82 Å². The molecule has 82 valence electrons. The Morgan fingerprint density at radius 2 is 2.20 bits per heavy atom. The second kappa shape index (κ2) is 4.04. The Morgan fingerprint density at radius 1 is 1.40 bits per heavy atom. The molecule has 0 unspecified atom stereocenters. The summed E-state index contributed by atoms with van der Waals surface area (Å²) in [5.41, 5.74) is 0.503. The van der Waals surface area contributed by atoms with E-state index in [0.717, 1.165) is 18.9 Å². The van der Waals surface area contributed by atoms with Crippen molar-refractivity contribution in [3.05, 3.63) is 12.3 Å². The van der Waals surface area contributed by atoms with Crippen molar-refractivity contribution in [1.82, 2.24) is 9.97 Å². The number of nitrogens with one attached hydrogen (secondary N) is 2. The Balaban J connectivity index is 1.92. The van der Waals surface area contributed by atoms with Gasteiger partial charge in [0.25, 0.3) is 0 Å². The first-order chi connectivity index (χ1) is 7.22. The molecule has 1 aliphatic carbocycles. The maximum absolute atomic E-state index is 4.36. The van der Waals surface area contributed by atoms with Gasteiger partial charge in [0.05, 0.1) is 0 Å². The van der Waals surface area contributed by atoms with Gasteiger partial charge in [0.15, 0.2) is 0 Å². The number of anilines is 2. The molecule has 0 bridgehead atoms. The molecular formula is C11H18N4. The maximum atomic E-state index is 4.36. The summed E-state index contributed by atoms with van der Waals surface area (Å²) >= 11 is 0. The molecule has 0 atom stereocenters. The van der Waals surface area contributed by atoms with Crippen molar-refractivity contribution in [2.75, 3.05) is 23.7 Å². The molecule has 0 spiro atoms. The van der Waals surface area contributed by atoms with Crippen LogP contribution in [0, 0.1) is 5.41 Å². The molecule has 0 aliphatic heterocycles. The highest BCUT2D eigenvalue weighted by Gasteiger charge is 2.36. The molecule has 2 rings (SSSR count). The number of rotatable bonds is 5. The summed E-state index contributed by atoms with van der Waals surface area (Å²) in [7, 11) is 0. The average molecular weight is 206 g/mol. The van der Waals surface area contributed by atoms with Crippen LogP contribution in [0.1, 0.15) is 26.7 Å². The fraction of sp³-hybridized carbons (Fsp3) is 0.636. The molecule has 1 fully saturated rings. The van der Waals surface area contributed by atoms with Crippen molar-refractivity contribution in [3.63, 3.8) is 0 Å². The molecule has 1 saturated carbocycles. The molecule has 1 heterocycles. The first-order valence-electron chi connectivity index (χ1n) is 5.53. The molecule has 4 nitrogen and oxygen atoms in total. The SMILES string of the molecule is CCNc1nccc(NCC2(C)CC2)n1. The van der Waals surface area contributed by atoms with E-state index in [1.807, 2.05) is 13.0 Å². The van der Waals surface area contributed by atoms with Crippen LogP contribution in [-0.4, -0.2) is 23.1 Å². The molecule has 1 aromatic rings. The van der Waals surface area contributed by atoms with Gasteiger partial charge in [-0.3, -0.25) is 0 Å². The maximum Gasteiger partial charge on any atom is 0.224 e. The second-order valence-corrected chi connectivity index (χ2v) is 4.46. The Hall–Kier alpha value is -1.32. The Labute approximate surface area is 90.5 Å². The van der Waals surface area contributed by atoms with Gasteiger partial charge in [0, 0.05) is 19.3 Å². The zero-order chi connectivity index (χ0) is 10.7. The van der Waals surface area contributed by atoms with E-state index in [1.165, 1.54) is 12.8 Å². The van der Waals surface area contributed by atoms with Crippen molar-refractivity contribution < 1.29 is 0 Å². The monoisotopic (exact) mass is 206 g/mol. The molecule has 0 saturated heterocycles. The lowest BCUT2D eigenvalue weighted by atomic mass is 10.1. The van der Waals surface area contributed by atoms with Crippen LogP contribution in [0.4, 0.5) is 11.8 Å². The van der Waals surface area contributed by atoms with Crippen LogP contribution < -0.4 is 10.6 Å². The first kappa shape index (κ1) is 10.2. The van der Waals surface area contributed by atoms with Crippen LogP contribution >= 0.6 is 0 Å². The van der Waals surface area contributed by atoms with Crippen LogP contribution in [0.5, 0.6) is 0 Å². The van der Waals surface area contributed by atoms with Crippen LogP contribution in [0.3, 0.4) is 0 Å². The summed E-state index contributed by atoms with van der Waals surface area (Å²) in [5, 5.41) is 6.45. The molecule has 2 N–H and O–H groups in total. The van der Waals surface area contributed by atoms with Crippen molar-refractivity contribution in [2.45, 2.75) is 26.7 Å². The van der Waals surface area contributed by atoms with E-state index in [4.69, 9.17) is 0 Å². The van der Waals surface area contributed by atoms with E-state index in [2.05, 4.69) is 27.5 Å². The van der Waals surface area contributed by atoms with Crippen LogP contribution in [-0.2, 0) is 0 Å². The van der Waals surface area contributed by atoms with Crippen molar-refractivity contribution in [3.8, 4) is 0 Å². The van der Waals surface area contributed by atoms with Crippen molar-refractivity contribution >= 4 is 11.8 Å². The third-order valence-electron chi connectivity index (χ3n) is 2.79. The zero-order valence-electron chi connectivity index (χ0n) is 9.38. The van der Waals surface area contributed by atoms with Gasteiger partial charge in [-0.25, -0.2) is 4.98 Å². The van der Waals surface area contributed by atoms with Gasteiger partial charge >= 0.3 is 0 Å². The molecule has 4 heteroatoms. The topological polar surface area (TPSA) is 49.8 Å². The fourth-order valence-corrected chi connectivity index (χ4v) is 1.39. The highest BCUT2D eigenvalue weighted by molar-refractivity contribution is 5.39. The fourth-order valence-electron chi connectivity index (χ4n) is 1.39. The van der Waals surface area contributed by atoms with Crippen LogP contribution in [0.15, 0.2) is 12.3 Å². The third-order valence-corrected chi connectivity index (χ3v) is 2.79. The Kier molecular flexibility index (Phi) is 2.75. The highest BCUT2D eigenvalue weighted by atomic mass is 15.1. The lowest BCUT2D eigenvalue weighted by Crippen LogP contribution is -2.13. The summed E-state index contributed by atoms with van der Waals surface area (Å²) in [6.45, 7) is 6.19. The third kappa shape index (κ3) is 2.81. The molecule has 1 aromatic heterocycles. The summed E-state index contributed by atoms with van der Waals surface area (Å²) in [6, 6.07) is 1.91. The van der Waals surface area contributed by atoms with E-state index in [9.17, 15) is 0 Å². The van der Waals surface area contributed by atoms with Gasteiger partial charge in [0.2, 0.25) is 5.95 Å². The predicted molar refractivity (Wildman–Crippen MR) is 62.0 cm³/mol. The van der Waals surface area contributed by atoms with E-state index in [1.54, 1.807) is 6.20 Å². The molecule has 0 aromatic carbocycles. The zero-order valence-corrected chi connectivity index (χ0v) is 9.38. The minimum Gasteiger partial charge on any atom is -0.369 e. The van der Waals surface area contributed by atoms with Crippen molar-refractivity contribution in [2.24, 2.45) is 5.41 Å². The normalized spacial score (nSPS) is 17.2. The number of hydrogen-bond acceptors (Lipinski definition) is 4. The van der Waals surface area contributed by atoms with E-state index >= 15 is 0 Å². The van der Waals surface area contributed by atoms with Gasteiger partial charge < -0.3 is 10.6 Å². The molecule has 15 heavy (non-hydrogen) atoms. The van der Waals surface area contributed by atoms with Crippen molar-refractivity contribution in [1.29, 1.82) is 0 Å². The quantitative estimate of drug-likeness (QED) is 0.774. The standard InChI is InChI=1S/C11H18N4/c1-3-12-10-13-7-4-9(15-10)14-8-11(2)5-6-11/h4,7H,3,5-6,8H2,1-2H3,(H2,12,13,14,15). The van der Waals surface area contributed by atoms with Gasteiger partial charge in [-0.1, -0.05) is 6.92 Å². The second-order valence-electron chi connectivity index (χ2n) is 4.46. The van der Waals surface area contributed by atoms with E-state index in [0.29, 0.717) is 11.4 Å². The predicted octanol–water partition coefficient (Wildman–Crippen LogP) is 2.12. The summed E-state index contributed by atoms with van der Waals surface area (Å²) < 4.78 is 0.